The summed E-state index contributed by atoms with van der Waals surface area (Å²) >= 11 is 0. The number of primary amides is 1. The summed E-state index contributed by atoms with van der Waals surface area (Å²) in [6, 6.07) is 8.41. The van der Waals surface area contributed by atoms with Crippen molar-refractivity contribution in [2.45, 2.75) is 31.0 Å². The average Bonchev–Trinajstić information content (AvgIpc) is 2.86. The molecule has 0 saturated heterocycles. The van der Waals surface area contributed by atoms with Crippen molar-refractivity contribution in [1.82, 2.24) is 0 Å². The van der Waals surface area contributed by atoms with Gasteiger partial charge < -0.3 is 31.3 Å². The number of carbonyl (C=O) groups is 3. The van der Waals surface area contributed by atoms with E-state index in [1.54, 1.807) is 13.0 Å². The summed E-state index contributed by atoms with van der Waals surface area (Å²) in [5, 5.41) is 66.3. The van der Waals surface area contributed by atoms with E-state index in [2.05, 4.69) is 0 Å². The molecule has 12 heteroatoms. The molecule has 0 aliphatic heterocycles. The van der Waals surface area contributed by atoms with Crippen LogP contribution in [0.25, 0.3) is 16.9 Å². The molecule has 5 atom stereocenters. The fraction of sp³-hybridized carbons (Fsp3) is 0.269. The smallest absolute Gasteiger partial charge is 0.269 e. The van der Waals surface area contributed by atoms with E-state index in [9.17, 15) is 50.0 Å². The third kappa shape index (κ3) is 3.20. The summed E-state index contributed by atoms with van der Waals surface area (Å²) in [7, 11) is 0. The van der Waals surface area contributed by atoms with E-state index in [1.807, 2.05) is 0 Å². The SMILES string of the molecule is C[C@H]1c2cc(-c3ccc([N+](=O)[O-])cc3)cc(O)c2C(O)=C2C(=O)[C@]3(O)C(O)=C(C(N)=O)C(=O)C[C@@H]3[C@@H](O)[C@@H]21. The van der Waals surface area contributed by atoms with Crippen LogP contribution < -0.4 is 5.73 Å². The number of nitro benzene ring substituents is 1. The maximum absolute atomic E-state index is 13.6. The third-order valence-electron chi connectivity index (χ3n) is 7.85. The molecule has 196 valence electrons. The predicted molar refractivity (Wildman–Crippen MR) is 130 cm³/mol. The Labute approximate surface area is 214 Å². The van der Waals surface area contributed by atoms with E-state index >= 15 is 0 Å². The van der Waals surface area contributed by atoms with E-state index < -0.39 is 86.7 Å². The number of non-ortho nitro benzene ring substituents is 1. The highest BCUT2D eigenvalue weighted by atomic mass is 16.6. The number of phenolic OH excluding ortho intramolecular Hbond substituents is 1. The number of nitro groups is 1. The van der Waals surface area contributed by atoms with Crippen LogP contribution in [0.4, 0.5) is 5.69 Å². The van der Waals surface area contributed by atoms with Crippen LogP contribution in [0.2, 0.25) is 0 Å². The molecule has 0 spiro atoms. The van der Waals surface area contributed by atoms with Gasteiger partial charge in [-0.3, -0.25) is 24.5 Å². The fourth-order valence-corrected chi connectivity index (χ4v) is 5.97. The second kappa shape index (κ2) is 8.23. The highest BCUT2D eigenvalue weighted by molar-refractivity contribution is 6.23. The number of nitrogens with zero attached hydrogens (tertiary/aromatic N) is 1. The number of aromatic hydroxyl groups is 1. The van der Waals surface area contributed by atoms with Gasteiger partial charge in [-0.1, -0.05) is 6.92 Å². The standard InChI is InChI=1S/C26H22N2O10/c1-9-13-6-11(10-2-4-12(5-3-10)28(37)38)7-15(29)18(13)22(32)20-17(9)21(31)14-8-16(30)19(25(27)35)23(33)26(14,36)24(20)34/h2-7,9,14,17,21,29,31-33,36H,8H2,1H3,(H2,27,35)/t9-,14+,17+,21+,26+/m0/s1. The summed E-state index contributed by atoms with van der Waals surface area (Å²) in [6.07, 6.45) is -2.30. The molecular formula is C26H22N2O10. The van der Waals surface area contributed by atoms with Gasteiger partial charge in [0, 0.05) is 36.0 Å². The minimum Gasteiger partial charge on any atom is -0.508 e. The van der Waals surface area contributed by atoms with Gasteiger partial charge in [-0.2, -0.15) is 0 Å². The second-order valence-corrected chi connectivity index (χ2v) is 9.75. The van der Waals surface area contributed by atoms with Crippen molar-refractivity contribution in [3.63, 3.8) is 0 Å². The van der Waals surface area contributed by atoms with Crippen LogP contribution in [0.3, 0.4) is 0 Å². The number of ketones is 2. The van der Waals surface area contributed by atoms with E-state index in [0.29, 0.717) is 16.7 Å². The number of aliphatic hydroxyl groups excluding tert-OH is 3. The number of aliphatic hydroxyl groups is 4. The van der Waals surface area contributed by atoms with E-state index in [-0.39, 0.29) is 11.3 Å². The summed E-state index contributed by atoms with van der Waals surface area (Å²) in [5.41, 5.74) is 1.85. The van der Waals surface area contributed by atoms with E-state index in [0.717, 1.165) is 0 Å². The topological polar surface area (TPSA) is 222 Å². The Morgan fingerprint density at radius 1 is 1.11 bits per heavy atom. The lowest BCUT2D eigenvalue weighted by Gasteiger charge is -2.50. The molecule has 2 aromatic carbocycles. The summed E-state index contributed by atoms with van der Waals surface area (Å²) in [4.78, 5) is 48.3. The fourth-order valence-electron chi connectivity index (χ4n) is 5.97. The lowest BCUT2D eigenvalue weighted by atomic mass is 9.55. The first kappa shape index (κ1) is 25.1. The highest BCUT2D eigenvalue weighted by Gasteiger charge is 2.64. The van der Waals surface area contributed by atoms with Gasteiger partial charge in [0.2, 0.25) is 5.78 Å². The maximum Gasteiger partial charge on any atom is 0.269 e. The Morgan fingerprint density at radius 3 is 2.32 bits per heavy atom. The molecule has 3 aliphatic carbocycles. The van der Waals surface area contributed by atoms with Crippen LogP contribution in [0.1, 0.15) is 30.4 Å². The van der Waals surface area contributed by atoms with Gasteiger partial charge in [0.15, 0.2) is 11.4 Å². The van der Waals surface area contributed by atoms with Crippen LogP contribution in [0.15, 0.2) is 53.3 Å². The Morgan fingerprint density at radius 2 is 1.74 bits per heavy atom. The number of carbonyl (C=O) groups excluding carboxylic acids is 3. The van der Waals surface area contributed by atoms with Gasteiger partial charge in [0.05, 0.1) is 16.6 Å². The number of hydrogen-bond donors (Lipinski definition) is 6. The van der Waals surface area contributed by atoms with Crippen molar-refractivity contribution in [3.05, 3.63) is 74.5 Å². The molecule has 0 aromatic heterocycles. The lowest BCUT2D eigenvalue weighted by molar-refractivity contribution is -0.384. The first-order valence-electron chi connectivity index (χ1n) is 11.6. The molecule has 1 saturated carbocycles. The first-order chi connectivity index (χ1) is 17.8. The van der Waals surface area contributed by atoms with Crippen molar-refractivity contribution in [1.29, 1.82) is 0 Å². The zero-order valence-corrected chi connectivity index (χ0v) is 19.8. The number of hydrogen-bond acceptors (Lipinski definition) is 10. The normalized spacial score (nSPS) is 28.5. The molecule has 0 unspecified atom stereocenters. The molecule has 12 nitrogen and oxygen atoms in total. The molecule has 2 aromatic rings. The number of Topliss-reactive ketones (excluding diaryl/α,β-unsaturated/α-hetero) is 2. The van der Waals surface area contributed by atoms with Crippen molar-refractivity contribution < 1.29 is 44.8 Å². The van der Waals surface area contributed by atoms with Gasteiger partial charge in [0.25, 0.3) is 11.6 Å². The Hall–Kier alpha value is -4.55. The molecule has 0 radical (unpaired) electrons. The lowest BCUT2D eigenvalue weighted by Crippen LogP contribution is -2.63. The Balaban J connectivity index is 1.69. The zero-order valence-electron chi connectivity index (χ0n) is 19.8. The largest absolute Gasteiger partial charge is 0.508 e. The monoisotopic (exact) mass is 522 g/mol. The van der Waals surface area contributed by atoms with Crippen molar-refractivity contribution in [2.24, 2.45) is 17.6 Å². The quantitative estimate of drug-likeness (QED) is 0.194. The van der Waals surface area contributed by atoms with Crippen molar-refractivity contribution >= 4 is 28.9 Å². The maximum atomic E-state index is 13.6. The van der Waals surface area contributed by atoms with E-state index in [4.69, 9.17) is 5.73 Å². The van der Waals surface area contributed by atoms with E-state index in [1.165, 1.54) is 30.3 Å². The highest BCUT2D eigenvalue weighted by Crippen LogP contribution is 2.56. The van der Waals surface area contributed by atoms with Gasteiger partial charge in [-0.15, -0.1) is 0 Å². The summed E-state index contributed by atoms with van der Waals surface area (Å²) < 4.78 is 0. The summed E-state index contributed by atoms with van der Waals surface area (Å²) in [5.74, 6) is -9.44. The molecule has 38 heavy (non-hydrogen) atoms. The third-order valence-corrected chi connectivity index (χ3v) is 7.85. The number of amides is 1. The number of phenols is 1. The van der Waals surface area contributed by atoms with Crippen LogP contribution in [-0.4, -0.2) is 59.6 Å². The molecule has 5 rings (SSSR count). The number of fused-ring (bicyclic) bond motifs is 3. The van der Waals surface area contributed by atoms with Gasteiger partial charge in [-0.25, -0.2) is 0 Å². The second-order valence-electron chi connectivity index (χ2n) is 9.75. The van der Waals surface area contributed by atoms with Crippen LogP contribution in [0.5, 0.6) is 5.75 Å². The molecule has 1 amide bonds. The zero-order chi connectivity index (χ0) is 27.8. The average molecular weight is 522 g/mol. The number of nitrogens with two attached hydrogens (primary N) is 1. The minimum absolute atomic E-state index is 0.135. The number of benzene rings is 2. The van der Waals surface area contributed by atoms with Gasteiger partial charge >= 0.3 is 0 Å². The summed E-state index contributed by atoms with van der Waals surface area (Å²) in [6.45, 7) is 1.62. The van der Waals surface area contributed by atoms with Crippen molar-refractivity contribution in [3.8, 4) is 16.9 Å². The molecule has 1 fully saturated rings. The van der Waals surface area contributed by atoms with Gasteiger partial charge in [-0.05, 0) is 46.9 Å². The van der Waals surface area contributed by atoms with Crippen LogP contribution in [-0.2, 0) is 14.4 Å². The molecule has 7 N–H and O–H groups in total. The first-order valence-corrected chi connectivity index (χ1v) is 11.6. The molecule has 0 bridgehead atoms. The van der Waals surface area contributed by atoms with Gasteiger partial charge in [0.1, 0.15) is 22.8 Å². The van der Waals surface area contributed by atoms with Crippen LogP contribution >= 0.6 is 0 Å². The van der Waals surface area contributed by atoms with Crippen LogP contribution in [0, 0.1) is 22.0 Å². The Bertz CT molecular complexity index is 1520. The molecule has 0 heterocycles. The van der Waals surface area contributed by atoms with Crippen molar-refractivity contribution in [2.75, 3.05) is 0 Å². The number of rotatable bonds is 3. The molecule has 3 aliphatic rings. The minimum atomic E-state index is -2.90. The Kier molecular flexibility index (Phi) is 5.44. The molecular weight excluding hydrogens is 500 g/mol. The predicted octanol–water partition coefficient (Wildman–Crippen LogP) is 1.53.